The average Bonchev–Trinajstić information content (AvgIpc) is 2.45. The molecule has 0 unspecified atom stereocenters. The third-order valence-electron chi connectivity index (χ3n) is 1.78. The molecule has 1 rings (SSSR count). The van der Waals surface area contributed by atoms with Gasteiger partial charge in [0.05, 0.1) is 10.7 Å². The van der Waals surface area contributed by atoms with Crippen LogP contribution in [0.3, 0.4) is 0 Å². The molecule has 1 aromatic rings. The van der Waals surface area contributed by atoms with Crippen LogP contribution in [0.25, 0.3) is 0 Å². The monoisotopic (exact) mass is 194 g/mol. The molecule has 0 spiro atoms. The Morgan fingerprint density at radius 2 is 2.08 bits per heavy atom. The number of hydrogen-bond acceptors (Lipinski definition) is 3. The van der Waals surface area contributed by atoms with Crippen LogP contribution < -0.4 is 0 Å². The second-order valence-electron chi connectivity index (χ2n) is 4.01. The van der Waals surface area contributed by atoms with Gasteiger partial charge >= 0.3 is 0 Å². The third-order valence-corrected chi connectivity index (χ3v) is 3.20. The number of nitriles is 1. The molecule has 1 aromatic heterocycles. The Bertz CT molecular complexity index is 339. The zero-order valence-corrected chi connectivity index (χ0v) is 9.33. The second-order valence-corrected chi connectivity index (χ2v) is 5.01. The van der Waals surface area contributed by atoms with E-state index in [2.05, 4.69) is 31.8 Å². The zero-order valence-electron chi connectivity index (χ0n) is 8.51. The fraction of sp³-hybridized carbons (Fsp3) is 0.600. The van der Waals surface area contributed by atoms with Gasteiger partial charge < -0.3 is 0 Å². The Morgan fingerprint density at radius 1 is 1.46 bits per heavy atom. The molecule has 13 heavy (non-hydrogen) atoms. The zero-order chi connectivity index (χ0) is 10.1. The quantitative estimate of drug-likeness (QED) is 0.689. The van der Waals surface area contributed by atoms with Gasteiger partial charge in [0.25, 0.3) is 0 Å². The smallest absolute Gasteiger partial charge is 0.128 e. The largest absolute Gasteiger partial charge is 0.244 e. The van der Waals surface area contributed by atoms with Crippen LogP contribution in [0.5, 0.6) is 0 Å². The first kappa shape index (κ1) is 10.2. The highest BCUT2D eigenvalue weighted by Crippen LogP contribution is 2.28. The summed E-state index contributed by atoms with van der Waals surface area (Å²) in [5.74, 6) is 0. The van der Waals surface area contributed by atoms with E-state index < -0.39 is 0 Å². The van der Waals surface area contributed by atoms with Crippen molar-refractivity contribution in [2.75, 3.05) is 0 Å². The van der Waals surface area contributed by atoms with Gasteiger partial charge in [-0.05, 0) is 6.42 Å². The summed E-state index contributed by atoms with van der Waals surface area (Å²) in [6.45, 7) is 8.38. The summed E-state index contributed by atoms with van der Waals surface area (Å²) < 4.78 is 0. The van der Waals surface area contributed by atoms with Crippen LogP contribution in [0.4, 0.5) is 0 Å². The molecule has 0 saturated carbocycles. The first-order valence-corrected chi connectivity index (χ1v) is 5.21. The molecular weight excluding hydrogens is 180 g/mol. The number of thiazole rings is 1. The highest BCUT2D eigenvalue weighted by molar-refractivity contribution is 7.12. The van der Waals surface area contributed by atoms with Crippen molar-refractivity contribution in [3.63, 3.8) is 0 Å². The second kappa shape index (κ2) is 3.47. The molecule has 0 fully saturated rings. The fourth-order valence-electron chi connectivity index (χ4n) is 1.000. The highest BCUT2D eigenvalue weighted by Gasteiger charge is 2.20. The van der Waals surface area contributed by atoms with Crippen LogP contribution in [-0.2, 0) is 11.8 Å². The van der Waals surface area contributed by atoms with Crippen LogP contribution in [-0.4, -0.2) is 4.98 Å². The lowest BCUT2D eigenvalue weighted by Gasteiger charge is -2.13. The van der Waals surface area contributed by atoms with E-state index in [0.29, 0.717) is 0 Å². The van der Waals surface area contributed by atoms with Crippen LogP contribution in [0.2, 0.25) is 0 Å². The third kappa shape index (κ3) is 2.07. The maximum Gasteiger partial charge on any atom is 0.128 e. The first-order chi connectivity index (χ1) is 5.99. The van der Waals surface area contributed by atoms with Crippen LogP contribution in [0.15, 0.2) is 0 Å². The van der Waals surface area contributed by atoms with E-state index in [9.17, 15) is 0 Å². The predicted octanol–water partition coefficient (Wildman–Crippen LogP) is 2.87. The fourth-order valence-corrected chi connectivity index (χ4v) is 2.01. The molecule has 1 heterocycles. The summed E-state index contributed by atoms with van der Waals surface area (Å²) in [5.41, 5.74) is 1.00. The molecule has 0 atom stereocenters. The molecule has 0 amide bonds. The standard InChI is InChI=1S/C10H14N2S/c1-5-7-8(6-11)13-9(12-7)10(2,3)4/h5H2,1-4H3. The lowest BCUT2D eigenvalue weighted by Crippen LogP contribution is -2.10. The Balaban J connectivity index is 3.16. The van der Waals surface area contributed by atoms with Crippen LogP contribution >= 0.6 is 11.3 Å². The topological polar surface area (TPSA) is 36.7 Å². The van der Waals surface area contributed by atoms with Gasteiger partial charge in [-0.1, -0.05) is 27.7 Å². The van der Waals surface area contributed by atoms with Crippen molar-refractivity contribution in [1.29, 1.82) is 5.26 Å². The van der Waals surface area contributed by atoms with Crippen molar-refractivity contribution in [3.8, 4) is 6.07 Å². The van der Waals surface area contributed by atoms with E-state index in [1.165, 1.54) is 11.3 Å². The lowest BCUT2D eigenvalue weighted by molar-refractivity contribution is 0.583. The van der Waals surface area contributed by atoms with E-state index in [-0.39, 0.29) is 5.41 Å². The number of rotatable bonds is 1. The summed E-state index contributed by atoms with van der Waals surface area (Å²) in [4.78, 5) is 5.24. The summed E-state index contributed by atoms with van der Waals surface area (Å²) in [7, 11) is 0. The van der Waals surface area contributed by atoms with E-state index in [1.54, 1.807) is 0 Å². The van der Waals surface area contributed by atoms with E-state index in [0.717, 1.165) is 22.0 Å². The lowest BCUT2D eigenvalue weighted by atomic mass is 9.98. The van der Waals surface area contributed by atoms with Gasteiger partial charge in [0.15, 0.2) is 0 Å². The molecule has 70 valence electrons. The molecule has 0 aliphatic carbocycles. The van der Waals surface area contributed by atoms with Crippen molar-refractivity contribution in [2.24, 2.45) is 0 Å². The molecule has 0 aromatic carbocycles. The Hall–Kier alpha value is -0.880. The van der Waals surface area contributed by atoms with Crippen molar-refractivity contribution < 1.29 is 0 Å². The normalized spacial score (nSPS) is 11.3. The SMILES string of the molecule is CCc1nc(C(C)(C)C)sc1C#N. The van der Waals surface area contributed by atoms with Crippen molar-refractivity contribution in [3.05, 3.63) is 15.6 Å². The molecule has 0 N–H and O–H groups in total. The Labute approximate surface area is 83.2 Å². The van der Waals surface area contributed by atoms with E-state index >= 15 is 0 Å². The van der Waals surface area contributed by atoms with Gasteiger partial charge in [0.2, 0.25) is 0 Å². The van der Waals surface area contributed by atoms with Gasteiger partial charge in [-0.15, -0.1) is 11.3 Å². The van der Waals surface area contributed by atoms with E-state index in [1.807, 2.05) is 6.92 Å². The van der Waals surface area contributed by atoms with Crippen LogP contribution in [0.1, 0.15) is 43.3 Å². The number of aryl methyl sites for hydroxylation is 1. The minimum absolute atomic E-state index is 0.0592. The molecule has 0 aliphatic rings. The van der Waals surface area contributed by atoms with Gasteiger partial charge in [-0.3, -0.25) is 0 Å². The van der Waals surface area contributed by atoms with Crippen molar-refractivity contribution >= 4 is 11.3 Å². The summed E-state index contributed by atoms with van der Waals surface area (Å²) in [6, 6.07) is 2.19. The minimum Gasteiger partial charge on any atom is -0.244 e. The van der Waals surface area contributed by atoms with E-state index in [4.69, 9.17) is 5.26 Å². The molecule has 3 heteroatoms. The average molecular weight is 194 g/mol. The molecule has 0 radical (unpaired) electrons. The maximum atomic E-state index is 8.85. The summed E-state index contributed by atoms with van der Waals surface area (Å²) >= 11 is 1.52. The summed E-state index contributed by atoms with van der Waals surface area (Å²) in [5, 5.41) is 9.91. The molecule has 0 aliphatic heterocycles. The number of aromatic nitrogens is 1. The van der Waals surface area contributed by atoms with Gasteiger partial charge in [-0.2, -0.15) is 5.26 Å². The maximum absolute atomic E-state index is 8.85. The van der Waals surface area contributed by atoms with Crippen LogP contribution in [0, 0.1) is 11.3 Å². The molecular formula is C10H14N2S. The highest BCUT2D eigenvalue weighted by atomic mass is 32.1. The number of nitrogens with zero attached hydrogens (tertiary/aromatic N) is 2. The Morgan fingerprint density at radius 3 is 2.38 bits per heavy atom. The number of hydrogen-bond donors (Lipinski definition) is 0. The van der Waals surface area contributed by atoms with Gasteiger partial charge in [0.1, 0.15) is 10.9 Å². The van der Waals surface area contributed by atoms with Crippen molar-refractivity contribution in [2.45, 2.75) is 39.5 Å². The predicted molar refractivity (Wildman–Crippen MR) is 54.9 cm³/mol. The van der Waals surface area contributed by atoms with Gasteiger partial charge in [-0.25, -0.2) is 4.98 Å². The van der Waals surface area contributed by atoms with Gasteiger partial charge in [0, 0.05) is 5.41 Å². The van der Waals surface area contributed by atoms with Crippen molar-refractivity contribution in [1.82, 2.24) is 4.98 Å². The Kier molecular flexibility index (Phi) is 2.72. The molecule has 0 bridgehead atoms. The first-order valence-electron chi connectivity index (χ1n) is 4.39. The minimum atomic E-state index is 0.0592. The molecule has 2 nitrogen and oxygen atoms in total. The summed E-state index contributed by atoms with van der Waals surface area (Å²) in [6.07, 6.45) is 0.843. The molecule has 0 saturated heterocycles.